The maximum absolute atomic E-state index is 12.4. The Bertz CT molecular complexity index is 770. The Labute approximate surface area is 151 Å². The third-order valence-corrected chi connectivity index (χ3v) is 5.73. The van der Waals surface area contributed by atoms with Gasteiger partial charge in [0.25, 0.3) is 0 Å². The van der Waals surface area contributed by atoms with Crippen molar-refractivity contribution in [2.45, 2.75) is 26.3 Å². The van der Waals surface area contributed by atoms with Crippen molar-refractivity contribution in [3.05, 3.63) is 51.9 Å². The molecule has 25 heavy (non-hydrogen) atoms. The van der Waals surface area contributed by atoms with Crippen LogP contribution in [0, 0.1) is 0 Å². The molecule has 1 aromatic heterocycles. The Kier molecular flexibility index (Phi) is 5.50. The number of thiophene rings is 1. The zero-order chi connectivity index (χ0) is 17.8. The van der Waals surface area contributed by atoms with E-state index in [1.165, 1.54) is 28.2 Å². The quantitative estimate of drug-likeness (QED) is 0.799. The summed E-state index contributed by atoms with van der Waals surface area (Å²) in [5.41, 5.74) is 2.53. The van der Waals surface area contributed by atoms with Gasteiger partial charge >= 0.3 is 5.97 Å². The van der Waals surface area contributed by atoms with E-state index in [-0.39, 0.29) is 18.3 Å². The predicted molar refractivity (Wildman–Crippen MR) is 98.2 cm³/mol. The standard InChI is InChI=1S/C19H22N2O3S/c1-3-21-10-9-14-15(12-21)25-18(17(14)19(23)24-2)20-16(22)11-13-7-5-4-6-8-13/h4-8H,3,9-12H2,1-2H3,(H,20,22)/p+1. The first-order valence-electron chi connectivity index (χ1n) is 8.52. The van der Waals surface area contributed by atoms with Crippen molar-refractivity contribution in [1.29, 1.82) is 0 Å². The zero-order valence-electron chi connectivity index (χ0n) is 14.6. The molecule has 1 unspecified atom stereocenters. The maximum atomic E-state index is 12.4. The summed E-state index contributed by atoms with van der Waals surface area (Å²) < 4.78 is 4.96. The highest BCUT2D eigenvalue weighted by Crippen LogP contribution is 2.35. The highest BCUT2D eigenvalue weighted by Gasteiger charge is 2.30. The van der Waals surface area contributed by atoms with Crippen LogP contribution in [0.3, 0.4) is 0 Å². The minimum absolute atomic E-state index is 0.116. The molecule has 2 N–H and O–H groups in total. The Morgan fingerprint density at radius 1 is 1.28 bits per heavy atom. The summed E-state index contributed by atoms with van der Waals surface area (Å²) in [4.78, 5) is 27.4. The van der Waals surface area contributed by atoms with Crippen molar-refractivity contribution < 1.29 is 19.2 Å². The van der Waals surface area contributed by atoms with E-state index < -0.39 is 0 Å². The fraction of sp³-hybridized carbons (Fsp3) is 0.368. The molecule has 1 aliphatic rings. The summed E-state index contributed by atoms with van der Waals surface area (Å²) in [6.07, 6.45) is 1.13. The fourth-order valence-corrected chi connectivity index (χ4v) is 4.52. The average Bonchev–Trinajstić information content (AvgIpc) is 2.98. The van der Waals surface area contributed by atoms with Crippen LogP contribution < -0.4 is 10.2 Å². The van der Waals surface area contributed by atoms with E-state index in [0.29, 0.717) is 10.6 Å². The van der Waals surface area contributed by atoms with Crippen molar-refractivity contribution in [2.24, 2.45) is 0 Å². The number of anilines is 1. The van der Waals surface area contributed by atoms with Gasteiger partial charge in [-0.2, -0.15) is 0 Å². The molecule has 0 aliphatic carbocycles. The van der Waals surface area contributed by atoms with Gasteiger partial charge in [0.05, 0.1) is 37.1 Å². The van der Waals surface area contributed by atoms with E-state index in [2.05, 4.69) is 12.2 Å². The number of hydrogen-bond acceptors (Lipinski definition) is 4. The molecule has 0 spiro atoms. The van der Waals surface area contributed by atoms with Gasteiger partial charge in [-0.1, -0.05) is 30.3 Å². The topological polar surface area (TPSA) is 59.8 Å². The van der Waals surface area contributed by atoms with Crippen LogP contribution in [0.2, 0.25) is 0 Å². The second-order valence-electron chi connectivity index (χ2n) is 6.19. The number of esters is 1. The Morgan fingerprint density at radius 3 is 2.72 bits per heavy atom. The highest BCUT2D eigenvalue weighted by atomic mass is 32.1. The molecule has 3 rings (SSSR count). The van der Waals surface area contributed by atoms with E-state index in [1.54, 1.807) is 0 Å². The fourth-order valence-electron chi connectivity index (χ4n) is 3.20. The van der Waals surface area contributed by atoms with Gasteiger partial charge in [-0.25, -0.2) is 4.79 Å². The number of nitrogens with one attached hydrogen (secondary N) is 2. The molecule has 2 heterocycles. The monoisotopic (exact) mass is 359 g/mol. The van der Waals surface area contributed by atoms with Crippen molar-refractivity contribution in [3.8, 4) is 0 Å². The van der Waals surface area contributed by atoms with E-state index in [0.717, 1.165) is 37.2 Å². The molecule has 5 nitrogen and oxygen atoms in total. The van der Waals surface area contributed by atoms with Crippen molar-refractivity contribution in [3.63, 3.8) is 0 Å². The Morgan fingerprint density at radius 2 is 2.04 bits per heavy atom. The Balaban J connectivity index is 1.84. The summed E-state index contributed by atoms with van der Waals surface area (Å²) in [6, 6.07) is 9.58. The number of likely N-dealkylation sites (N-methyl/N-ethyl adjacent to an activating group) is 1. The summed E-state index contributed by atoms with van der Waals surface area (Å²) >= 11 is 1.51. The number of ether oxygens (including phenoxy) is 1. The third kappa shape index (κ3) is 3.91. The van der Waals surface area contributed by atoms with E-state index in [9.17, 15) is 9.59 Å². The molecule has 0 radical (unpaired) electrons. The molecule has 0 saturated carbocycles. The normalized spacial score (nSPS) is 16.2. The molecule has 0 bridgehead atoms. The van der Waals surface area contributed by atoms with Crippen LogP contribution in [-0.4, -0.2) is 32.1 Å². The van der Waals surface area contributed by atoms with Crippen molar-refractivity contribution in [2.75, 3.05) is 25.5 Å². The van der Waals surface area contributed by atoms with Gasteiger partial charge in [-0.15, -0.1) is 11.3 Å². The molecular weight excluding hydrogens is 336 g/mol. The maximum Gasteiger partial charge on any atom is 0.341 e. The number of fused-ring (bicyclic) bond motifs is 1. The summed E-state index contributed by atoms with van der Waals surface area (Å²) in [5.74, 6) is -0.484. The first-order valence-corrected chi connectivity index (χ1v) is 9.34. The smallest absolute Gasteiger partial charge is 0.341 e. The van der Waals surface area contributed by atoms with Crippen LogP contribution in [0.25, 0.3) is 0 Å². The minimum atomic E-state index is -0.368. The molecule has 1 aliphatic heterocycles. The van der Waals surface area contributed by atoms with Crippen LogP contribution in [0.4, 0.5) is 5.00 Å². The number of hydrogen-bond donors (Lipinski definition) is 2. The molecule has 1 amide bonds. The number of carbonyl (C=O) groups excluding carboxylic acids is 2. The second kappa shape index (κ2) is 7.80. The molecule has 132 valence electrons. The average molecular weight is 359 g/mol. The van der Waals surface area contributed by atoms with Crippen molar-refractivity contribution >= 4 is 28.2 Å². The van der Waals surface area contributed by atoms with Gasteiger partial charge in [0.15, 0.2) is 0 Å². The van der Waals surface area contributed by atoms with Gasteiger partial charge in [0, 0.05) is 6.42 Å². The zero-order valence-corrected chi connectivity index (χ0v) is 15.4. The van der Waals surface area contributed by atoms with Crippen LogP contribution in [0.1, 0.15) is 33.3 Å². The van der Waals surface area contributed by atoms with E-state index in [1.807, 2.05) is 30.3 Å². The molecule has 2 aromatic rings. The Hall–Kier alpha value is -2.18. The van der Waals surface area contributed by atoms with Gasteiger partial charge in [-0.05, 0) is 18.1 Å². The summed E-state index contributed by atoms with van der Waals surface area (Å²) in [7, 11) is 1.38. The SMILES string of the molecule is CC[NH+]1CCc2c(sc(NC(=O)Cc3ccccc3)c2C(=O)OC)C1. The number of rotatable bonds is 5. The van der Waals surface area contributed by atoms with Gasteiger partial charge in [0.2, 0.25) is 5.91 Å². The second-order valence-corrected chi connectivity index (χ2v) is 7.30. The van der Waals surface area contributed by atoms with Crippen LogP contribution >= 0.6 is 11.3 Å². The highest BCUT2D eigenvalue weighted by molar-refractivity contribution is 7.17. The van der Waals surface area contributed by atoms with Gasteiger partial charge in [-0.3, -0.25) is 4.79 Å². The lowest BCUT2D eigenvalue weighted by Gasteiger charge is -2.22. The first kappa shape index (κ1) is 17.6. The molecule has 0 fully saturated rings. The summed E-state index contributed by atoms with van der Waals surface area (Å²) in [6.45, 7) is 5.12. The lowest BCUT2D eigenvalue weighted by molar-refractivity contribution is -0.913. The van der Waals surface area contributed by atoms with Gasteiger partial charge < -0.3 is 15.0 Å². The number of amides is 1. The molecule has 1 aromatic carbocycles. The van der Waals surface area contributed by atoms with E-state index >= 15 is 0 Å². The summed E-state index contributed by atoms with van der Waals surface area (Å²) in [5, 5.41) is 3.55. The largest absolute Gasteiger partial charge is 0.465 e. The predicted octanol–water partition coefficient (Wildman–Crippen LogP) is 1.68. The lowest BCUT2D eigenvalue weighted by Crippen LogP contribution is -3.11. The van der Waals surface area contributed by atoms with E-state index in [4.69, 9.17) is 4.74 Å². The first-order chi connectivity index (χ1) is 12.1. The van der Waals surface area contributed by atoms with Crippen LogP contribution in [0.5, 0.6) is 0 Å². The third-order valence-electron chi connectivity index (χ3n) is 4.58. The number of methoxy groups -OCH3 is 1. The van der Waals surface area contributed by atoms with Gasteiger partial charge in [0.1, 0.15) is 11.5 Å². The molecule has 1 atom stereocenters. The number of carbonyl (C=O) groups is 2. The van der Waals surface area contributed by atoms with Crippen LogP contribution in [0.15, 0.2) is 30.3 Å². The molecule has 0 saturated heterocycles. The number of benzene rings is 1. The minimum Gasteiger partial charge on any atom is -0.465 e. The van der Waals surface area contributed by atoms with Crippen molar-refractivity contribution in [1.82, 2.24) is 0 Å². The number of quaternary nitrogens is 1. The molecule has 6 heteroatoms. The molecular formula is C19H23N2O3S+. The lowest BCUT2D eigenvalue weighted by atomic mass is 10.0. The van der Waals surface area contributed by atoms with Crippen LogP contribution in [-0.2, 0) is 28.9 Å².